The van der Waals surface area contributed by atoms with Crippen LogP contribution in [0.25, 0.3) is 11.4 Å². The van der Waals surface area contributed by atoms with Crippen LogP contribution in [0.4, 0.5) is 0 Å². The number of aromatic nitrogens is 3. The average molecular weight is 272 g/mol. The van der Waals surface area contributed by atoms with Crippen molar-refractivity contribution in [1.29, 1.82) is 0 Å². The van der Waals surface area contributed by atoms with Crippen molar-refractivity contribution in [3.63, 3.8) is 0 Å². The van der Waals surface area contributed by atoms with Crippen molar-refractivity contribution in [1.82, 2.24) is 20.1 Å². The van der Waals surface area contributed by atoms with Crippen LogP contribution in [0.5, 0.6) is 0 Å². The molecule has 1 aromatic heterocycles. The second-order valence-corrected chi connectivity index (χ2v) is 5.31. The van der Waals surface area contributed by atoms with E-state index in [4.69, 9.17) is 5.11 Å². The Balaban J connectivity index is 1.85. The predicted molar refractivity (Wildman–Crippen MR) is 77.0 cm³/mol. The minimum absolute atomic E-state index is 0.114. The van der Waals surface area contributed by atoms with E-state index in [1.165, 1.54) is 31.5 Å². The van der Waals surface area contributed by atoms with Crippen LogP contribution in [0.2, 0.25) is 0 Å². The first-order chi connectivity index (χ1) is 9.78. The second-order valence-electron chi connectivity index (χ2n) is 5.31. The van der Waals surface area contributed by atoms with Crippen LogP contribution in [0.15, 0.2) is 24.3 Å². The molecule has 1 fully saturated rings. The Bertz CT molecular complexity index is 575. The molecule has 106 valence electrons. The quantitative estimate of drug-likeness (QED) is 0.895. The van der Waals surface area contributed by atoms with Gasteiger partial charge in [0.15, 0.2) is 11.6 Å². The van der Waals surface area contributed by atoms with Crippen molar-refractivity contribution < 1.29 is 5.11 Å². The highest BCUT2D eigenvalue weighted by molar-refractivity contribution is 5.56. The first kappa shape index (κ1) is 13.3. The van der Waals surface area contributed by atoms with Gasteiger partial charge in [0.1, 0.15) is 6.61 Å². The number of nitrogens with one attached hydrogen (secondary N) is 1. The van der Waals surface area contributed by atoms with Crippen LogP contribution in [-0.2, 0) is 6.61 Å². The van der Waals surface area contributed by atoms with E-state index in [2.05, 4.69) is 39.1 Å². The molecule has 2 aromatic rings. The Labute approximate surface area is 118 Å². The number of nitrogens with zero attached hydrogens (tertiary/aromatic N) is 3. The van der Waals surface area contributed by atoms with E-state index in [-0.39, 0.29) is 6.61 Å². The first-order valence-corrected chi connectivity index (χ1v) is 7.14. The zero-order valence-electron chi connectivity index (χ0n) is 11.7. The number of aliphatic hydroxyl groups excluding tert-OH is 1. The van der Waals surface area contributed by atoms with Gasteiger partial charge in [0.25, 0.3) is 0 Å². The number of hydrogen-bond donors (Lipinski definition) is 2. The summed E-state index contributed by atoms with van der Waals surface area (Å²) in [5, 5.41) is 15.9. The fourth-order valence-corrected chi connectivity index (χ4v) is 2.77. The molecule has 0 bridgehead atoms. The van der Waals surface area contributed by atoms with Gasteiger partial charge in [0.2, 0.25) is 0 Å². The molecule has 0 aliphatic carbocycles. The van der Waals surface area contributed by atoms with Crippen LogP contribution < -0.4 is 0 Å². The molecular formula is C15H20N4O. The Morgan fingerprint density at radius 1 is 1.35 bits per heavy atom. The summed E-state index contributed by atoms with van der Waals surface area (Å²) in [6, 6.07) is 8.78. The molecule has 0 saturated carbocycles. The maximum Gasteiger partial charge on any atom is 0.181 e. The summed E-state index contributed by atoms with van der Waals surface area (Å²) >= 11 is 0. The van der Waals surface area contributed by atoms with Gasteiger partial charge < -0.3 is 5.11 Å². The van der Waals surface area contributed by atoms with Gasteiger partial charge in [-0.2, -0.15) is 5.10 Å². The molecule has 5 nitrogen and oxygen atoms in total. The summed E-state index contributed by atoms with van der Waals surface area (Å²) in [4.78, 5) is 6.78. The highest BCUT2D eigenvalue weighted by atomic mass is 16.3. The summed E-state index contributed by atoms with van der Waals surface area (Å²) in [5.74, 6) is 1.14. The second kappa shape index (κ2) is 5.73. The molecule has 1 aliphatic heterocycles. The van der Waals surface area contributed by atoms with Gasteiger partial charge in [-0.25, -0.2) is 4.98 Å². The van der Waals surface area contributed by atoms with Crippen molar-refractivity contribution in [2.75, 3.05) is 13.1 Å². The van der Waals surface area contributed by atoms with E-state index in [0.717, 1.165) is 5.56 Å². The zero-order valence-corrected chi connectivity index (χ0v) is 11.7. The summed E-state index contributed by atoms with van der Waals surface area (Å²) in [7, 11) is 0. The summed E-state index contributed by atoms with van der Waals surface area (Å²) in [6.07, 6.45) is 2.59. The maximum absolute atomic E-state index is 9.04. The molecule has 0 radical (unpaired) electrons. The fraction of sp³-hybridized carbons (Fsp3) is 0.467. The van der Waals surface area contributed by atoms with Gasteiger partial charge in [0, 0.05) is 11.6 Å². The Kier molecular flexibility index (Phi) is 3.80. The first-order valence-electron chi connectivity index (χ1n) is 7.14. The van der Waals surface area contributed by atoms with E-state index >= 15 is 0 Å². The normalized spacial score (nSPS) is 17.5. The topological polar surface area (TPSA) is 65.0 Å². The third kappa shape index (κ3) is 2.59. The minimum atomic E-state index is -0.114. The molecule has 20 heavy (non-hydrogen) atoms. The lowest BCUT2D eigenvalue weighted by molar-refractivity contribution is 0.263. The SMILES string of the molecule is CC(c1cccc(-c2n[nH]c(CO)n2)c1)N1CCCC1. The van der Waals surface area contributed by atoms with E-state index in [0.29, 0.717) is 17.7 Å². The fourth-order valence-electron chi connectivity index (χ4n) is 2.77. The number of benzene rings is 1. The van der Waals surface area contributed by atoms with E-state index in [1.54, 1.807) is 0 Å². The molecule has 0 spiro atoms. The van der Waals surface area contributed by atoms with Gasteiger partial charge in [-0.1, -0.05) is 18.2 Å². The van der Waals surface area contributed by atoms with Crippen LogP contribution in [0.1, 0.15) is 37.2 Å². The van der Waals surface area contributed by atoms with Crippen LogP contribution in [0.3, 0.4) is 0 Å². The zero-order chi connectivity index (χ0) is 13.9. The van der Waals surface area contributed by atoms with Crippen molar-refractivity contribution in [2.24, 2.45) is 0 Å². The molecule has 1 aliphatic rings. The highest BCUT2D eigenvalue weighted by Crippen LogP contribution is 2.27. The summed E-state index contributed by atoms with van der Waals surface area (Å²) in [6.45, 7) is 4.50. The average Bonchev–Trinajstić information content (AvgIpc) is 3.17. The minimum Gasteiger partial charge on any atom is -0.388 e. The Morgan fingerprint density at radius 2 is 2.15 bits per heavy atom. The summed E-state index contributed by atoms with van der Waals surface area (Å²) < 4.78 is 0. The highest BCUT2D eigenvalue weighted by Gasteiger charge is 2.19. The number of aromatic amines is 1. The molecule has 3 rings (SSSR count). The lowest BCUT2D eigenvalue weighted by Crippen LogP contribution is -2.23. The van der Waals surface area contributed by atoms with Crippen molar-refractivity contribution in [3.05, 3.63) is 35.7 Å². The van der Waals surface area contributed by atoms with Gasteiger partial charge in [-0.3, -0.25) is 10.00 Å². The molecule has 2 N–H and O–H groups in total. The Morgan fingerprint density at radius 3 is 2.85 bits per heavy atom. The summed E-state index contributed by atoms with van der Waals surface area (Å²) in [5.41, 5.74) is 2.28. The molecule has 1 atom stereocenters. The standard InChI is InChI=1S/C15H20N4O/c1-11(19-7-2-3-8-19)12-5-4-6-13(9-12)15-16-14(10-20)17-18-15/h4-6,9,11,20H,2-3,7-8,10H2,1H3,(H,16,17,18). The van der Waals surface area contributed by atoms with E-state index < -0.39 is 0 Å². The third-order valence-corrected chi connectivity index (χ3v) is 4.00. The lowest BCUT2D eigenvalue weighted by atomic mass is 10.0. The smallest absolute Gasteiger partial charge is 0.181 e. The van der Waals surface area contributed by atoms with Crippen LogP contribution in [0, 0.1) is 0 Å². The van der Waals surface area contributed by atoms with Crippen molar-refractivity contribution in [2.45, 2.75) is 32.4 Å². The monoisotopic (exact) mass is 272 g/mol. The molecule has 0 amide bonds. The molecule has 1 aromatic carbocycles. The van der Waals surface area contributed by atoms with E-state index in [1.807, 2.05) is 12.1 Å². The molecule has 2 heterocycles. The van der Waals surface area contributed by atoms with Crippen LogP contribution >= 0.6 is 0 Å². The van der Waals surface area contributed by atoms with Crippen molar-refractivity contribution >= 4 is 0 Å². The molecule has 5 heteroatoms. The lowest BCUT2D eigenvalue weighted by Gasteiger charge is -2.24. The maximum atomic E-state index is 9.04. The number of rotatable bonds is 4. The van der Waals surface area contributed by atoms with Gasteiger partial charge in [-0.05, 0) is 44.5 Å². The number of likely N-dealkylation sites (tertiary alicyclic amines) is 1. The van der Waals surface area contributed by atoms with Gasteiger partial charge in [-0.15, -0.1) is 0 Å². The number of H-pyrrole nitrogens is 1. The predicted octanol–water partition coefficient (Wildman–Crippen LogP) is 2.12. The number of hydrogen-bond acceptors (Lipinski definition) is 4. The molecule has 1 unspecified atom stereocenters. The van der Waals surface area contributed by atoms with Crippen LogP contribution in [-0.4, -0.2) is 38.3 Å². The van der Waals surface area contributed by atoms with Gasteiger partial charge in [0.05, 0.1) is 0 Å². The van der Waals surface area contributed by atoms with Crippen molar-refractivity contribution in [3.8, 4) is 11.4 Å². The van der Waals surface area contributed by atoms with Gasteiger partial charge >= 0.3 is 0 Å². The molecule has 1 saturated heterocycles. The van der Waals surface area contributed by atoms with E-state index in [9.17, 15) is 0 Å². The third-order valence-electron chi connectivity index (χ3n) is 4.00. The largest absolute Gasteiger partial charge is 0.388 e. The molecular weight excluding hydrogens is 252 g/mol. The number of aliphatic hydroxyl groups is 1. The Hall–Kier alpha value is -1.72.